The van der Waals surface area contributed by atoms with Gasteiger partial charge in [-0.15, -0.1) is 11.3 Å². The summed E-state index contributed by atoms with van der Waals surface area (Å²) in [5, 5.41) is 4.20. The van der Waals surface area contributed by atoms with Crippen LogP contribution in [0.15, 0.2) is 41.3 Å². The van der Waals surface area contributed by atoms with E-state index in [0.29, 0.717) is 5.13 Å². The van der Waals surface area contributed by atoms with Crippen LogP contribution >= 0.6 is 22.7 Å². The van der Waals surface area contributed by atoms with E-state index in [4.69, 9.17) is 0 Å². The lowest BCUT2D eigenvalue weighted by molar-refractivity contribution is 0.102. The van der Waals surface area contributed by atoms with Crippen LogP contribution in [0.25, 0.3) is 20.4 Å². The molecule has 4 aromatic rings. The maximum atomic E-state index is 12.5. The summed E-state index contributed by atoms with van der Waals surface area (Å²) in [4.78, 5) is 21.5. The molecule has 2 aromatic carbocycles. The largest absolute Gasteiger partial charge is 0.298 e. The average Bonchev–Trinajstić information content (AvgIpc) is 3.16. The third-order valence-corrected chi connectivity index (χ3v) is 7.01. The number of aryl methyl sites for hydroxylation is 1. The molecule has 0 bridgehead atoms. The van der Waals surface area contributed by atoms with Crippen molar-refractivity contribution in [2.75, 3.05) is 11.6 Å². The molecule has 0 spiro atoms. The molecule has 9 heteroatoms. The van der Waals surface area contributed by atoms with E-state index in [1.807, 2.05) is 19.1 Å². The Balaban J connectivity index is 1.69. The van der Waals surface area contributed by atoms with Crippen LogP contribution in [0.3, 0.4) is 0 Å². The third kappa shape index (κ3) is 3.09. The topological polar surface area (TPSA) is 89.0 Å². The second-order valence-electron chi connectivity index (χ2n) is 5.77. The van der Waals surface area contributed by atoms with E-state index in [-0.39, 0.29) is 10.5 Å². The van der Waals surface area contributed by atoms with Crippen LogP contribution in [0.4, 0.5) is 5.13 Å². The Morgan fingerprint density at radius 3 is 2.46 bits per heavy atom. The smallest absolute Gasteiger partial charge is 0.257 e. The van der Waals surface area contributed by atoms with Gasteiger partial charge in [-0.25, -0.2) is 18.4 Å². The molecule has 0 aliphatic carbocycles. The second-order valence-corrected chi connectivity index (χ2v) is 9.99. The number of carbonyl (C=O) groups is 1. The highest BCUT2D eigenvalue weighted by molar-refractivity contribution is 7.90. The Hall–Kier alpha value is -2.36. The molecule has 2 heterocycles. The van der Waals surface area contributed by atoms with E-state index >= 15 is 0 Å². The lowest BCUT2D eigenvalue weighted by atomic mass is 10.2. The molecule has 26 heavy (non-hydrogen) atoms. The number of aromatic nitrogens is 2. The highest BCUT2D eigenvalue weighted by atomic mass is 32.2. The molecular formula is C17H13N3O3S3. The first-order valence-electron chi connectivity index (χ1n) is 7.59. The number of thiazole rings is 2. The van der Waals surface area contributed by atoms with Crippen molar-refractivity contribution >= 4 is 64.0 Å². The van der Waals surface area contributed by atoms with Crippen molar-refractivity contribution in [2.45, 2.75) is 11.8 Å². The number of rotatable bonds is 3. The Labute approximate surface area is 157 Å². The van der Waals surface area contributed by atoms with Crippen LogP contribution in [0.2, 0.25) is 0 Å². The predicted molar refractivity (Wildman–Crippen MR) is 105 cm³/mol. The summed E-state index contributed by atoms with van der Waals surface area (Å²) in [6.45, 7) is 1.95. The maximum absolute atomic E-state index is 12.5. The average molecular weight is 404 g/mol. The minimum Gasteiger partial charge on any atom is -0.298 e. The second kappa shape index (κ2) is 6.11. The zero-order valence-corrected chi connectivity index (χ0v) is 16.3. The lowest BCUT2D eigenvalue weighted by Crippen LogP contribution is -2.12. The minimum atomic E-state index is -3.37. The molecular weight excluding hydrogens is 390 g/mol. The maximum Gasteiger partial charge on any atom is 0.257 e. The van der Waals surface area contributed by atoms with Gasteiger partial charge < -0.3 is 0 Å². The first kappa shape index (κ1) is 17.1. The van der Waals surface area contributed by atoms with Gasteiger partial charge in [-0.2, -0.15) is 0 Å². The van der Waals surface area contributed by atoms with Crippen molar-refractivity contribution in [3.8, 4) is 0 Å². The van der Waals surface area contributed by atoms with Crippen LogP contribution in [-0.2, 0) is 9.84 Å². The quantitative estimate of drug-likeness (QED) is 0.561. The Morgan fingerprint density at radius 2 is 1.73 bits per heavy atom. The van der Waals surface area contributed by atoms with Gasteiger partial charge in [0.1, 0.15) is 0 Å². The third-order valence-electron chi connectivity index (χ3n) is 3.76. The minimum absolute atomic E-state index is 0.108. The highest BCUT2D eigenvalue weighted by Gasteiger charge is 2.15. The molecule has 0 fully saturated rings. The van der Waals surface area contributed by atoms with E-state index in [2.05, 4.69) is 15.3 Å². The standard InChI is InChI=1S/C17H13N3O3S3/c1-9-18-12-6-7-13-15(14(12)24-9)25-17(19-13)20-16(21)10-4-3-5-11(8-10)26(2,22)23/h3-8H,1-2H3,(H,19,20,21). The lowest BCUT2D eigenvalue weighted by Gasteiger charge is -2.03. The molecule has 2 aromatic heterocycles. The van der Waals surface area contributed by atoms with Gasteiger partial charge in [0.15, 0.2) is 15.0 Å². The number of benzene rings is 2. The van der Waals surface area contributed by atoms with Crippen molar-refractivity contribution < 1.29 is 13.2 Å². The van der Waals surface area contributed by atoms with Gasteiger partial charge >= 0.3 is 0 Å². The summed E-state index contributed by atoms with van der Waals surface area (Å²) in [7, 11) is -3.37. The van der Waals surface area contributed by atoms with Gasteiger partial charge in [0.05, 0.1) is 30.3 Å². The van der Waals surface area contributed by atoms with Crippen LogP contribution in [0, 0.1) is 6.92 Å². The molecule has 132 valence electrons. The zero-order chi connectivity index (χ0) is 18.5. The van der Waals surface area contributed by atoms with Gasteiger partial charge in [-0.05, 0) is 37.3 Å². The number of amides is 1. The van der Waals surface area contributed by atoms with Crippen LogP contribution in [-0.4, -0.2) is 30.5 Å². The highest BCUT2D eigenvalue weighted by Crippen LogP contribution is 2.35. The number of sulfone groups is 1. The fourth-order valence-electron chi connectivity index (χ4n) is 2.58. The van der Waals surface area contributed by atoms with E-state index < -0.39 is 15.7 Å². The molecule has 4 rings (SSSR count). The molecule has 0 unspecified atom stereocenters. The molecule has 0 aliphatic heterocycles. The molecule has 6 nitrogen and oxygen atoms in total. The van der Waals surface area contributed by atoms with Gasteiger partial charge in [-0.3, -0.25) is 10.1 Å². The first-order chi connectivity index (χ1) is 12.3. The van der Waals surface area contributed by atoms with Crippen molar-refractivity contribution in [1.29, 1.82) is 0 Å². The Bertz CT molecular complexity index is 1270. The van der Waals surface area contributed by atoms with E-state index in [1.54, 1.807) is 23.5 Å². The van der Waals surface area contributed by atoms with E-state index in [1.165, 1.54) is 23.5 Å². The fourth-order valence-corrected chi connectivity index (χ4v) is 5.24. The molecule has 0 radical (unpaired) electrons. The molecule has 0 aliphatic rings. The first-order valence-corrected chi connectivity index (χ1v) is 11.1. The molecule has 1 N–H and O–H groups in total. The van der Waals surface area contributed by atoms with Crippen molar-refractivity contribution in [3.63, 3.8) is 0 Å². The van der Waals surface area contributed by atoms with Gasteiger partial charge in [0.2, 0.25) is 0 Å². The van der Waals surface area contributed by atoms with Crippen LogP contribution in [0.5, 0.6) is 0 Å². The number of nitrogens with one attached hydrogen (secondary N) is 1. The van der Waals surface area contributed by atoms with E-state index in [9.17, 15) is 13.2 Å². The van der Waals surface area contributed by atoms with Crippen molar-refractivity contribution in [1.82, 2.24) is 9.97 Å². The van der Waals surface area contributed by atoms with Crippen LogP contribution < -0.4 is 5.32 Å². The number of hydrogen-bond acceptors (Lipinski definition) is 7. The SMILES string of the molecule is Cc1nc2ccc3nc(NC(=O)c4cccc(S(C)(=O)=O)c4)sc3c2s1. The number of carbonyl (C=O) groups excluding carboxylic acids is 1. The number of anilines is 1. The van der Waals surface area contributed by atoms with Gasteiger partial charge in [-0.1, -0.05) is 17.4 Å². The monoisotopic (exact) mass is 403 g/mol. The van der Waals surface area contributed by atoms with Crippen LogP contribution in [0.1, 0.15) is 15.4 Å². The number of nitrogens with zero attached hydrogens (tertiary/aromatic N) is 2. The summed E-state index contributed by atoms with van der Waals surface area (Å²) < 4.78 is 25.4. The molecule has 0 atom stereocenters. The summed E-state index contributed by atoms with van der Waals surface area (Å²) in [5.74, 6) is -0.397. The van der Waals surface area contributed by atoms with E-state index in [0.717, 1.165) is 31.7 Å². The Kier molecular flexibility index (Phi) is 4.02. The Morgan fingerprint density at radius 1 is 1.04 bits per heavy atom. The summed E-state index contributed by atoms with van der Waals surface area (Å²) in [6, 6.07) is 9.75. The van der Waals surface area contributed by atoms with Gasteiger partial charge in [0, 0.05) is 11.8 Å². The van der Waals surface area contributed by atoms with Gasteiger partial charge in [0.25, 0.3) is 5.91 Å². The van der Waals surface area contributed by atoms with Crippen molar-refractivity contribution in [3.05, 3.63) is 47.0 Å². The molecule has 1 amide bonds. The number of hydrogen-bond donors (Lipinski definition) is 1. The number of fused-ring (bicyclic) bond motifs is 3. The zero-order valence-electron chi connectivity index (χ0n) is 13.8. The predicted octanol–water partition coefficient (Wildman–Crippen LogP) is 3.87. The summed E-state index contributed by atoms with van der Waals surface area (Å²) in [5.41, 5.74) is 1.99. The normalized spacial score (nSPS) is 11.9. The van der Waals surface area contributed by atoms with Crippen molar-refractivity contribution in [2.24, 2.45) is 0 Å². The fraction of sp³-hybridized carbons (Fsp3) is 0.118. The molecule has 0 saturated heterocycles. The summed E-state index contributed by atoms with van der Waals surface area (Å²) >= 11 is 2.98. The summed E-state index contributed by atoms with van der Waals surface area (Å²) in [6.07, 6.45) is 1.11. The molecule has 0 saturated carbocycles.